The van der Waals surface area contributed by atoms with Crippen LogP contribution in [0.5, 0.6) is 0 Å². The highest BCUT2D eigenvalue weighted by atomic mass is 16.5. The predicted octanol–water partition coefficient (Wildman–Crippen LogP) is 3.46. The molecular weight excluding hydrogens is 328 g/mol. The van der Waals surface area contributed by atoms with Gasteiger partial charge in [-0.25, -0.2) is 0 Å². The molecule has 2 aromatic heterocycles. The fourth-order valence-corrected chi connectivity index (χ4v) is 3.27. The standard InChI is InChI=1S/C20H16N4O2/c25-20(15-7-6-13-8-9-21-17(13)10-15)24-11-16(12-24)19-22-18(23-26-19)14-4-2-1-3-5-14/h1-10,16,21H,11-12H2. The van der Waals surface area contributed by atoms with Crippen molar-refractivity contribution in [3.8, 4) is 11.4 Å². The van der Waals surface area contributed by atoms with Crippen LogP contribution in [-0.2, 0) is 0 Å². The van der Waals surface area contributed by atoms with Gasteiger partial charge in [0.05, 0.1) is 5.92 Å². The van der Waals surface area contributed by atoms with E-state index >= 15 is 0 Å². The summed E-state index contributed by atoms with van der Waals surface area (Å²) >= 11 is 0. The molecule has 26 heavy (non-hydrogen) atoms. The molecule has 1 aliphatic heterocycles. The number of nitrogens with one attached hydrogen (secondary N) is 1. The lowest BCUT2D eigenvalue weighted by atomic mass is 9.98. The van der Waals surface area contributed by atoms with E-state index in [1.54, 1.807) is 4.90 Å². The predicted molar refractivity (Wildman–Crippen MR) is 96.7 cm³/mol. The number of carbonyl (C=O) groups excluding carboxylic acids is 1. The van der Waals surface area contributed by atoms with Gasteiger partial charge in [-0.2, -0.15) is 4.98 Å². The maximum Gasteiger partial charge on any atom is 0.253 e. The quantitative estimate of drug-likeness (QED) is 0.617. The monoisotopic (exact) mass is 344 g/mol. The van der Waals surface area contributed by atoms with E-state index in [-0.39, 0.29) is 11.8 Å². The first-order chi connectivity index (χ1) is 12.8. The number of carbonyl (C=O) groups is 1. The summed E-state index contributed by atoms with van der Waals surface area (Å²) in [5.41, 5.74) is 2.58. The Kier molecular flexibility index (Phi) is 3.35. The van der Waals surface area contributed by atoms with Gasteiger partial charge in [0, 0.05) is 35.9 Å². The summed E-state index contributed by atoms with van der Waals surface area (Å²) < 4.78 is 5.40. The van der Waals surface area contributed by atoms with E-state index in [0.29, 0.717) is 30.4 Å². The second-order valence-electron chi connectivity index (χ2n) is 6.51. The molecule has 128 valence electrons. The van der Waals surface area contributed by atoms with Crippen molar-refractivity contribution in [2.75, 3.05) is 13.1 Å². The Balaban J connectivity index is 1.28. The Labute approximate surface area is 149 Å². The van der Waals surface area contributed by atoms with Crippen molar-refractivity contribution < 1.29 is 9.32 Å². The maximum atomic E-state index is 12.6. The Morgan fingerprint density at radius 1 is 1.12 bits per heavy atom. The molecular formula is C20H16N4O2. The van der Waals surface area contributed by atoms with E-state index < -0.39 is 0 Å². The molecule has 1 saturated heterocycles. The number of nitrogens with zero attached hydrogens (tertiary/aromatic N) is 3. The second kappa shape index (κ2) is 5.84. The van der Waals surface area contributed by atoms with Gasteiger partial charge < -0.3 is 14.4 Å². The van der Waals surface area contributed by atoms with Crippen LogP contribution in [0.25, 0.3) is 22.3 Å². The zero-order chi connectivity index (χ0) is 17.5. The third kappa shape index (κ3) is 2.47. The molecule has 0 unspecified atom stereocenters. The zero-order valence-corrected chi connectivity index (χ0v) is 13.9. The lowest BCUT2D eigenvalue weighted by Gasteiger charge is -2.37. The van der Waals surface area contributed by atoms with E-state index in [1.165, 1.54) is 0 Å². The number of hydrogen-bond acceptors (Lipinski definition) is 4. The van der Waals surface area contributed by atoms with Gasteiger partial charge in [0.1, 0.15) is 0 Å². The molecule has 0 saturated carbocycles. The molecule has 2 aromatic carbocycles. The Morgan fingerprint density at radius 2 is 1.96 bits per heavy atom. The van der Waals surface area contributed by atoms with Gasteiger partial charge in [-0.3, -0.25) is 4.79 Å². The Bertz CT molecular complexity index is 1080. The second-order valence-corrected chi connectivity index (χ2v) is 6.51. The third-order valence-corrected chi connectivity index (χ3v) is 4.79. The molecule has 6 heteroatoms. The van der Waals surface area contributed by atoms with Crippen LogP contribution in [-0.4, -0.2) is 39.0 Å². The molecule has 1 fully saturated rings. The van der Waals surface area contributed by atoms with E-state index in [9.17, 15) is 4.79 Å². The largest absolute Gasteiger partial charge is 0.361 e. The van der Waals surface area contributed by atoms with Gasteiger partial charge in [-0.1, -0.05) is 41.6 Å². The first kappa shape index (κ1) is 14.9. The van der Waals surface area contributed by atoms with Crippen molar-refractivity contribution in [1.29, 1.82) is 0 Å². The lowest BCUT2D eigenvalue weighted by molar-refractivity contribution is 0.0569. The summed E-state index contributed by atoms with van der Waals surface area (Å²) in [7, 11) is 0. The molecule has 6 nitrogen and oxygen atoms in total. The Morgan fingerprint density at radius 3 is 2.81 bits per heavy atom. The van der Waals surface area contributed by atoms with Crippen LogP contribution in [0.3, 0.4) is 0 Å². The molecule has 5 rings (SSSR count). The lowest BCUT2D eigenvalue weighted by Crippen LogP contribution is -2.48. The molecule has 4 aromatic rings. The molecule has 1 N–H and O–H groups in total. The fourth-order valence-electron chi connectivity index (χ4n) is 3.27. The highest BCUT2D eigenvalue weighted by molar-refractivity contribution is 5.98. The van der Waals surface area contributed by atoms with Crippen LogP contribution < -0.4 is 0 Å². The molecule has 1 amide bonds. The normalized spacial score (nSPS) is 14.5. The molecule has 3 heterocycles. The van der Waals surface area contributed by atoms with Crippen molar-refractivity contribution in [3.05, 3.63) is 72.2 Å². The molecule has 1 aliphatic rings. The minimum Gasteiger partial charge on any atom is -0.361 e. The summed E-state index contributed by atoms with van der Waals surface area (Å²) in [6.07, 6.45) is 1.87. The number of hydrogen-bond donors (Lipinski definition) is 1. The number of rotatable bonds is 3. The zero-order valence-electron chi connectivity index (χ0n) is 13.9. The average Bonchev–Trinajstić information content (AvgIpc) is 3.30. The summed E-state index contributed by atoms with van der Waals surface area (Å²) in [5, 5.41) is 5.15. The van der Waals surface area contributed by atoms with Crippen molar-refractivity contribution in [2.24, 2.45) is 0 Å². The van der Waals surface area contributed by atoms with Gasteiger partial charge in [0.2, 0.25) is 11.7 Å². The van der Waals surface area contributed by atoms with Crippen LogP contribution >= 0.6 is 0 Å². The third-order valence-electron chi connectivity index (χ3n) is 4.79. The number of benzene rings is 2. The van der Waals surface area contributed by atoms with E-state index in [4.69, 9.17) is 4.52 Å². The van der Waals surface area contributed by atoms with Gasteiger partial charge in [-0.05, 0) is 23.6 Å². The van der Waals surface area contributed by atoms with Gasteiger partial charge >= 0.3 is 0 Å². The molecule has 0 aliphatic carbocycles. The summed E-state index contributed by atoms with van der Waals surface area (Å²) in [6.45, 7) is 1.19. The topological polar surface area (TPSA) is 75.0 Å². The first-order valence-electron chi connectivity index (χ1n) is 8.53. The van der Waals surface area contributed by atoms with Crippen LogP contribution in [0.1, 0.15) is 22.2 Å². The summed E-state index contributed by atoms with van der Waals surface area (Å²) in [4.78, 5) is 22.1. The maximum absolute atomic E-state index is 12.6. The van der Waals surface area contributed by atoms with Crippen molar-refractivity contribution >= 4 is 16.8 Å². The number of amides is 1. The van der Waals surface area contributed by atoms with Gasteiger partial charge in [0.25, 0.3) is 5.91 Å². The number of fused-ring (bicyclic) bond motifs is 1. The highest BCUT2D eigenvalue weighted by Crippen LogP contribution is 2.29. The van der Waals surface area contributed by atoms with Crippen molar-refractivity contribution in [2.45, 2.75) is 5.92 Å². The smallest absolute Gasteiger partial charge is 0.253 e. The molecule has 0 spiro atoms. The first-order valence-corrected chi connectivity index (χ1v) is 8.53. The highest BCUT2D eigenvalue weighted by Gasteiger charge is 2.36. The van der Waals surface area contributed by atoms with Gasteiger partial charge in [0.15, 0.2) is 0 Å². The average molecular weight is 344 g/mol. The van der Waals surface area contributed by atoms with Crippen LogP contribution in [0.15, 0.2) is 65.3 Å². The van der Waals surface area contributed by atoms with E-state index in [1.807, 2.05) is 60.8 Å². The van der Waals surface area contributed by atoms with Gasteiger partial charge in [-0.15, -0.1) is 0 Å². The van der Waals surface area contributed by atoms with E-state index in [2.05, 4.69) is 15.1 Å². The number of H-pyrrole nitrogens is 1. The minimum absolute atomic E-state index is 0.0283. The Hall–Kier alpha value is -3.41. The SMILES string of the molecule is O=C(c1ccc2cc[nH]c2c1)N1CC(c2nc(-c3ccccc3)no2)C1. The minimum atomic E-state index is 0.0283. The summed E-state index contributed by atoms with van der Waals surface area (Å²) in [5.74, 6) is 1.30. The summed E-state index contributed by atoms with van der Waals surface area (Å²) in [6, 6.07) is 17.4. The van der Waals surface area contributed by atoms with Crippen LogP contribution in [0.4, 0.5) is 0 Å². The molecule has 0 atom stereocenters. The van der Waals surface area contributed by atoms with Crippen molar-refractivity contribution in [1.82, 2.24) is 20.0 Å². The number of aromatic nitrogens is 3. The van der Waals surface area contributed by atoms with Crippen LogP contribution in [0, 0.1) is 0 Å². The number of likely N-dealkylation sites (tertiary alicyclic amines) is 1. The van der Waals surface area contributed by atoms with Crippen molar-refractivity contribution in [3.63, 3.8) is 0 Å². The van der Waals surface area contributed by atoms with Crippen LogP contribution in [0.2, 0.25) is 0 Å². The fraction of sp³-hybridized carbons (Fsp3) is 0.150. The number of aromatic amines is 1. The molecule has 0 bridgehead atoms. The van der Waals surface area contributed by atoms with E-state index in [0.717, 1.165) is 16.5 Å². The molecule has 0 radical (unpaired) electrons.